The summed E-state index contributed by atoms with van der Waals surface area (Å²) in [5.41, 5.74) is 1.27. The zero-order valence-corrected chi connectivity index (χ0v) is 38.1. The summed E-state index contributed by atoms with van der Waals surface area (Å²) < 4.78 is 41.8. The highest BCUT2D eigenvalue weighted by molar-refractivity contribution is 7.90. The fourth-order valence-electron chi connectivity index (χ4n) is 6.39. The molecule has 24 nitrogen and oxygen atoms in total. The number of nitrogens with zero attached hydrogens (tertiary/aromatic N) is 6. The number of carboxylic acid groups (broad SMARTS) is 1. The van der Waals surface area contributed by atoms with E-state index in [9.17, 15) is 47.8 Å². The molecule has 5 N–H and O–H groups in total. The number of carbonyl (C=O) groups is 4. The molecule has 0 aliphatic rings. The number of amides is 2. The van der Waals surface area contributed by atoms with E-state index in [2.05, 4.69) is 50.6 Å². The number of aliphatic carboxylic acids is 1. The van der Waals surface area contributed by atoms with Crippen LogP contribution >= 0.6 is 0 Å². The van der Waals surface area contributed by atoms with Gasteiger partial charge in [-0.25, -0.2) is 22.4 Å². The van der Waals surface area contributed by atoms with Gasteiger partial charge in [-0.1, -0.05) is 25.7 Å². The highest BCUT2D eigenvalue weighted by atomic mass is 32.2. The van der Waals surface area contributed by atoms with Gasteiger partial charge in [-0.2, -0.15) is 0 Å². The number of hydrogen-bond acceptors (Lipinski definition) is 19. The van der Waals surface area contributed by atoms with Gasteiger partial charge in [0.05, 0.1) is 26.1 Å². The molecular weight excluding hydrogens is 901 g/mol. The standard InChI is InChI=1S/C30H40N6O9S.C12H14N4O5/c1-30(2,3)44-26(38)12-8-4-5-9-20-32-29(39)21-13-15-22(16-14-21)46(42,43)35-25(37)11-7-6-10-19-31-23-17-18-24(36(40)41)28-27(23)33-45-34-28;17-10(18)4-2-1-3-7-13-8-5-6-9(16(19)20)12-11(8)14-21-15-12/h13-18,31H,4-12,19-20H2,1-3H3,(H,32,39)(H,35,37);5-6,13H,1-4,7H2,(H,17,18). The molecular formula is C42H54N10O14S. The minimum Gasteiger partial charge on any atom is -0.481 e. The number of esters is 1. The number of nitro groups is 2. The lowest BCUT2D eigenvalue weighted by atomic mass is 10.1. The van der Waals surface area contributed by atoms with Crippen LogP contribution in [0.1, 0.15) is 115 Å². The normalized spacial score (nSPS) is 11.3. The molecule has 0 radical (unpaired) electrons. The Labute approximate surface area is 384 Å². The summed E-state index contributed by atoms with van der Waals surface area (Å²) in [5, 5.41) is 54.0. The summed E-state index contributed by atoms with van der Waals surface area (Å²) in [6.45, 7) is 7.02. The SMILES string of the molecule is CC(C)(C)OC(=O)CCCCCCNC(=O)c1ccc(S(=O)(=O)NC(=O)CCCCCNc2ccc([N+](=O)[O-])c3nonc23)cc1.O=C(O)CCCCCNc1ccc([N+](=O)[O-])c2nonc12. The Bertz CT molecular complexity index is 2590. The molecule has 67 heavy (non-hydrogen) atoms. The van der Waals surface area contributed by atoms with Crippen LogP contribution in [0.4, 0.5) is 22.7 Å². The molecule has 0 unspecified atom stereocenters. The Morgan fingerprint density at radius 2 is 1.10 bits per heavy atom. The average Bonchev–Trinajstić information content (AvgIpc) is 3.97. The van der Waals surface area contributed by atoms with Gasteiger partial charge >= 0.3 is 23.3 Å². The van der Waals surface area contributed by atoms with Crippen molar-refractivity contribution < 1.29 is 56.5 Å². The van der Waals surface area contributed by atoms with Gasteiger partial charge < -0.3 is 25.8 Å². The first-order chi connectivity index (χ1) is 31.9. The minimum absolute atomic E-state index is 0.00426. The quantitative estimate of drug-likeness (QED) is 0.0164. The molecule has 0 atom stereocenters. The highest BCUT2D eigenvalue weighted by Gasteiger charge is 2.22. The Kier molecular flexibility index (Phi) is 19.8. The van der Waals surface area contributed by atoms with E-state index in [1.54, 1.807) is 6.07 Å². The summed E-state index contributed by atoms with van der Waals surface area (Å²) >= 11 is 0. The first-order valence-electron chi connectivity index (χ1n) is 21.5. The van der Waals surface area contributed by atoms with Crippen molar-refractivity contribution in [1.29, 1.82) is 0 Å². The smallest absolute Gasteiger partial charge is 0.306 e. The molecule has 5 aromatic rings. The first kappa shape index (κ1) is 52.3. The molecule has 2 amide bonds. The van der Waals surface area contributed by atoms with E-state index in [4.69, 9.17) is 9.84 Å². The van der Waals surface area contributed by atoms with Crippen LogP contribution in [0.15, 0.2) is 62.7 Å². The zero-order valence-electron chi connectivity index (χ0n) is 37.3. The molecule has 0 saturated heterocycles. The highest BCUT2D eigenvalue weighted by Crippen LogP contribution is 2.30. The van der Waals surface area contributed by atoms with Gasteiger partial charge in [0.1, 0.15) is 5.60 Å². The maximum atomic E-state index is 12.6. The van der Waals surface area contributed by atoms with E-state index in [0.717, 1.165) is 32.1 Å². The van der Waals surface area contributed by atoms with Crippen molar-refractivity contribution in [3.63, 3.8) is 0 Å². The van der Waals surface area contributed by atoms with Gasteiger partial charge in [0.2, 0.25) is 16.9 Å². The summed E-state index contributed by atoms with van der Waals surface area (Å²) in [6.07, 6.45) is 7.52. The number of aromatic nitrogens is 4. The van der Waals surface area contributed by atoms with Gasteiger partial charge in [-0.05, 0) is 116 Å². The van der Waals surface area contributed by atoms with Crippen LogP contribution in [0.3, 0.4) is 0 Å². The van der Waals surface area contributed by atoms with Gasteiger partial charge in [0.25, 0.3) is 15.9 Å². The van der Waals surface area contributed by atoms with Gasteiger partial charge in [0.15, 0.2) is 11.0 Å². The van der Waals surface area contributed by atoms with Crippen LogP contribution in [0.25, 0.3) is 22.1 Å². The van der Waals surface area contributed by atoms with E-state index in [0.29, 0.717) is 75.1 Å². The number of carbonyl (C=O) groups excluding carboxylic acids is 3. The molecule has 25 heteroatoms. The number of sulfonamides is 1. The van der Waals surface area contributed by atoms with Crippen molar-refractivity contribution in [2.75, 3.05) is 30.3 Å². The second-order valence-electron chi connectivity index (χ2n) is 16.1. The third-order valence-corrected chi connectivity index (χ3v) is 11.0. The van der Waals surface area contributed by atoms with E-state index >= 15 is 0 Å². The molecule has 3 aromatic carbocycles. The van der Waals surface area contributed by atoms with Crippen molar-refractivity contribution in [3.05, 3.63) is 74.3 Å². The van der Waals surface area contributed by atoms with Crippen LogP contribution < -0.4 is 20.7 Å². The molecule has 5 rings (SSSR count). The lowest BCUT2D eigenvalue weighted by molar-refractivity contribution is -0.383. The molecule has 0 aliphatic carbocycles. The lowest BCUT2D eigenvalue weighted by Gasteiger charge is -2.19. The summed E-state index contributed by atoms with van der Waals surface area (Å²) in [7, 11) is -4.10. The predicted octanol–water partition coefficient (Wildman–Crippen LogP) is 6.82. The second-order valence-corrected chi connectivity index (χ2v) is 17.8. The van der Waals surface area contributed by atoms with E-state index in [-0.39, 0.29) is 63.1 Å². The van der Waals surface area contributed by atoms with Gasteiger partial charge in [0, 0.05) is 56.6 Å². The van der Waals surface area contributed by atoms with Crippen molar-refractivity contribution >= 4 is 78.6 Å². The van der Waals surface area contributed by atoms with Crippen molar-refractivity contribution in [2.24, 2.45) is 0 Å². The number of unbranched alkanes of at least 4 members (excludes halogenated alkanes) is 7. The summed E-state index contributed by atoms with van der Waals surface area (Å²) in [6, 6.07) is 11.0. The number of non-ortho nitro benzene ring substituents is 2. The maximum absolute atomic E-state index is 12.6. The Balaban J connectivity index is 0.000000387. The zero-order chi connectivity index (χ0) is 49.0. The largest absolute Gasteiger partial charge is 0.481 e. The first-order valence-corrected chi connectivity index (χ1v) is 23.0. The molecule has 2 heterocycles. The lowest BCUT2D eigenvalue weighted by Crippen LogP contribution is -2.30. The summed E-state index contributed by atoms with van der Waals surface area (Å²) in [4.78, 5) is 67.5. The van der Waals surface area contributed by atoms with Crippen LogP contribution in [-0.2, 0) is 29.1 Å². The van der Waals surface area contributed by atoms with Gasteiger partial charge in [-0.3, -0.25) is 39.4 Å². The van der Waals surface area contributed by atoms with E-state index in [1.807, 2.05) is 20.8 Å². The number of rotatable bonds is 26. The monoisotopic (exact) mass is 954 g/mol. The molecule has 0 bridgehead atoms. The van der Waals surface area contributed by atoms with Crippen LogP contribution in [0.5, 0.6) is 0 Å². The second kappa shape index (κ2) is 25.4. The number of fused-ring (bicyclic) bond motifs is 2. The number of ether oxygens (including phenoxy) is 1. The Morgan fingerprint density at radius 3 is 1.61 bits per heavy atom. The van der Waals surface area contributed by atoms with Crippen LogP contribution in [0, 0.1) is 20.2 Å². The number of carboxylic acids is 1. The third kappa shape index (κ3) is 17.2. The minimum atomic E-state index is -4.10. The molecule has 0 spiro atoms. The Morgan fingerprint density at radius 1 is 0.642 bits per heavy atom. The number of benzene rings is 3. The third-order valence-electron chi connectivity index (χ3n) is 9.65. The van der Waals surface area contributed by atoms with Crippen molar-refractivity contribution in [2.45, 2.75) is 115 Å². The number of nitro benzene ring substituents is 2. The fourth-order valence-corrected chi connectivity index (χ4v) is 7.40. The Hall–Kier alpha value is -7.31. The van der Waals surface area contributed by atoms with E-state index < -0.39 is 37.3 Å². The van der Waals surface area contributed by atoms with Crippen molar-refractivity contribution in [3.8, 4) is 0 Å². The number of nitrogens with one attached hydrogen (secondary N) is 4. The molecule has 0 aliphatic heterocycles. The molecule has 362 valence electrons. The number of anilines is 2. The van der Waals surface area contributed by atoms with Crippen LogP contribution in [-0.4, -0.2) is 93.0 Å². The molecule has 2 aromatic heterocycles. The van der Waals surface area contributed by atoms with Crippen LogP contribution in [0.2, 0.25) is 0 Å². The maximum Gasteiger partial charge on any atom is 0.306 e. The topological polar surface area (TPSA) is 344 Å². The molecule has 0 fully saturated rings. The molecule has 0 saturated carbocycles. The number of hydrogen-bond donors (Lipinski definition) is 5. The van der Waals surface area contributed by atoms with Gasteiger partial charge in [-0.15, -0.1) is 0 Å². The van der Waals surface area contributed by atoms with E-state index in [1.165, 1.54) is 42.5 Å². The fraction of sp³-hybridized carbons (Fsp3) is 0.476. The average molecular weight is 955 g/mol. The summed E-state index contributed by atoms with van der Waals surface area (Å²) in [5.74, 6) is -2.00. The van der Waals surface area contributed by atoms with Crippen molar-refractivity contribution in [1.82, 2.24) is 30.7 Å². The predicted molar refractivity (Wildman–Crippen MR) is 242 cm³/mol.